The van der Waals surface area contributed by atoms with Crippen LogP contribution in [0.25, 0.3) is 0 Å². The number of aromatic nitrogens is 1. The Morgan fingerprint density at radius 2 is 2.43 bits per heavy atom. The highest BCUT2D eigenvalue weighted by Gasteiger charge is 2.10. The van der Waals surface area contributed by atoms with Crippen molar-refractivity contribution in [2.75, 3.05) is 0 Å². The summed E-state index contributed by atoms with van der Waals surface area (Å²) in [7, 11) is 0. The lowest BCUT2D eigenvalue weighted by molar-refractivity contribution is 0.539. The molecule has 3 N–H and O–H groups in total. The van der Waals surface area contributed by atoms with Gasteiger partial charge in [-0.25, -0.2) is 4.39 Å². The van der Waals surface area contributed by atoms with Crippen LogP contribution in [0.1, 0.15) is 24.9 Å². The van der Waals surface area contributed by atoms with Crippen molar-refractivity contribution in [3.8, 4) is 0 Å². The van der Waals surface area contributed by atoms with Gasteiger partial charge in [0.2, 0.25) is 0 Å². The Kier molecular flexibility index (Phi) is 3.73. The van der Waals surface area contributed by atoms with E-state index in [1.54, 1.807) is 6.20 Å². The average Bonchev–Trinajstić information content (AvgIpc) is 2.14. The van der Waals surface area contributed by atoms with Gasteiger partial charge in [0.15, 0.2) is 0 Å². The molecule has 0 radical (unpaired) electrons. The van der Waals surface area contributed by atoms with Gasteiger partial charge in [0.05, 0.1) is 12.2 Å². The van der Waals surface area contributed by atoms with E-state index in [0.717, 1.165) is 17.3 Å². The predicted octanol–water partition coefficient (Wildman–Crippen LogP) is 1.69. The Morgan fingerprint density at radius 3 is 2.93 bits per heavy atom. The molecule has 1 unspecified atom stereocenters. The van der Waals surface area contributed by atoms with Crippen LogP contribution >= 0.6 is 0 Å². The maximum absolute atomic E-state index is 12.8. The fourth-order valence-corrected chi connectivity index (χ4v) is 1.24. The fourth-order valence-electron chi connectivity index (χ4n) is 1.24. The molecule has 1 heterocycles. The molecule has 0 fully saturated rings. The second kappa shape index (κ2) is 4.83. The van der Waals surface area contributed by atoms with Gasteiger partial charge in [-0.05, 0) is 25.0 Å². The van der Waals surface area contributed by atoms with Crippen molar-refractivity contribution < 1.29 is 4.39 Å². The smallest absolute Gasteiger partial charge is 0.141 e. The first kappa shape index (κ1) is 10.8. The van der Waals surface area contributed by atoms with Crippen LogP contribution in [0.15, 0.2) is 30.6 Å². The highest BCUT2D eigenvalue weighted by molar-refractivity contribution is 5.16. The number of nitrogens with two attached hydrogens (primary N) is 1. The molecule has 0 spiro atoms. The first-order valence-corrected chi connectivity index (χ1v) is 4.34. The first-order valence-electron chi connectivity index (χ1n) is 4.34. The highest BCUT2D eigenvalue weighted by atomic mass is 19.1. The summed E-state index contributed by atoms with van der Waals surface area (Å²) < 4.78 is 12.8. The van der Waals surface area contributed by atoms with E-state index in [0.29, 0.717) is 6.42 Å². The van der Waals surface area contributed by atoms with Gasteiger partial charge < -0.3 is 0 Å². The normalized spacial score (nSPS) is 12.5. The molecule has 0 saturated carbocycles. The molecule has 3 nitrogen and oxygen atoms in total. The quantitative estimate of drug-likeness (QED) is 0.436. The third-order valence-electron chi connectivity index (χ3n) is 1.88. The highest BCUT2D eigenvalue weighted by Crippen LogP contribution is 2.18. The van der Waals surface area contributed by atoms with E-state index in [-0.39, 0.29) is 11.9 Å². The third kappa shape index (κ3) is 2.90. The molecule has 76 valence electrons. The van der Waals surface area contributed by atoms with E-state index >= 15 is 0 Å². The predicted molar refractivity (Wildman–Crippen MR) is 53.7 cm³/mol. The standard InChI is InChI=1S/C10H14FN3/c1-7(2)3-10(14-12)8-4-9(11)6-13-5-8/h4-6,10,14H,1,3,12H2,2H3. The lowest BCUT2D eigenvalue weighted by Gasteiger charge is -2.15. The van der Waals surface area contributed by atoms with E-state index in [1.165, 1.54) is 6.07 Å². The van der Waals surface area contributed by atoms with Crippen LogP contribution in [-0.4, -0.2) is 4.98 Å². The van der Waals surface area contributed by atoms with E-state index in [2.05, 4.69) is 17.0 Å². The summed E-state index contributed by atoms with van der Waals surface area (Å²) in [5, 5.41) is 0. The zero-order chi connectivity index (χ0) is 10.6. The van der Waals surface area contributed by atoms with E-state index in [1.807, 2.05) is 6.92 Å². The summed E-state index contributed by atoms with van der Waals surface area (Å²) >= 11 is 0. The molecule has 0 aliphatic rings. The molecule has 0 aromatic carbocycles. The summed E-state index contributed by atoms with van der Waals surface area (Å²) in [6.07, 6.45) is 3.43. The number of nitrogens with one attached hydrogen (secondary N) is 1. The van der Waals surface area contributed by atoms with E-state index in [9.17, 15) is 4.39 Å². The van der Waals surface area contributed by atoms with Crippen LogP contribution in [0, 0.1) is 5.82 Å². The zero-order valence-electron chi connectivity index (χ0n) is 8.13. The number of hydrogen-bond acceptors (Lipinski definition) is 3. The SMILES string of the molecule is C=C(C)CC(NN)c1cncc(F)c1. The zero-order valence-corrected chi connectivity index (χ0v) is 8.13. The van der Waals surface area contributed by atoms with Gasteiger partial charge in [-0.3, -0.25) is 16.3 Å². The Balaban J connectivity index is 2.83. The molecule has 1 aromatic rings. The van der Waals surface area contributed by atoms with Crippen molar-refractivity contribution >= 4 is 0 Å². The van der Waals surface area contributed by atoms with E-state index in [4.69, 9.17) is 5.84 Å². The second-order valence-electron chi connectivity index (χ2n) is 3.32. The van der Waals surface area contributed by atoms with Crippen molar-refractivity contribution in [1.29, 1.82) is 0 Å². The largest absolute Gasteiger partial charge is 0.271 e. The Morgan fingerprint density at radius 1 is 1.71 bits per heavy atom. The van der Waals surface area contributed by atoms with Crippen molar-refractivity contribution in [3.63, 3.8) is 0 Å². The van der Waals surface area contributed by atoms with Gasteiger partial charge in [-0.1, -0.05) is 5.57 Å². The van der Waals surface area contributed by atoms with Gasteiger partial charge in [0, 0.05) is 6.20 Å². The van der Waals surface area contributed by atoms with E-state index < -0.39 is 0 Å². The van der Waals surface area contributed by atoms with Crippen molar-refractivity contribution in [1.82, 2.24) is 10.4 Å². The number of hydrazine groups is 1. The summed E-state index contributed by atoms with van der Waals surface area (Å²) in [4.78, 5) is 3.76. The summed E-state index contributed by atoms with van der Waals surface area (Å²) in [6, 6.07) is 1.29. The van der Waals surface area contributed by atoms with Crippen LogP contribution in [0.4, 0.5) is 4.39 Å². The van der Waals surface area contributed by atoms with Crippen molar-refractivity contribution in [2.45, 2.75) is 19.4 Å². The Hall–Kier alpha value is -1.26. The van der Waals surface area contributed by atoms with Gasteiger partial charge in [0.25, 0.3) is 0 Å². The van der Waals surface area contributed by atoms with Crippen LogP contribution in [-0.2, 0) is 0 Å². The minimum absolute atomic E-state index is 0.129. The second-order valence-corrected chi connectivity index (χ2v) is 3.32. The van der Waals surface area contributed by atoms with Crippen LogP contribution in [0.5, 0.6) is 0 Å². The monoisotopic (exact) mass is 195 g/mol. The minimum atomic E-state index is -0.357. The van der Waals surface area contributed by atoms with Gasteiger partial charge in [-0.2, -0.15) is 0 Å². The number of pyridine rings is 1. The molecule has 1 aromatic heterocycles. The average molecular weight is 195 g/mol. The molecule has 1 rings (SSSR count). The van der Waals surface area contributed by atoms with Crippen molar-refractivity contribution in [3.05, 3.63) is 42.0 Å². The van der Waals surface area contributed by atoms with Crippen LogP contribution in [0.2, 0.25) is 0 Å². The third-order valence-corrected chi connectivity index (χ3v) is 1.88. The molecule has 14 heavy (non-hydrogen) atoms. The topological polar surface area (TPSA) is 50.9 Å². The Labute approximate surface area is 82.8 Å². The van der Waals surface area contributed by atoms with Gasteiger partial charge in [-0.15, -0.1) is 6.58 Å². The summed E-state index contributed by atoms with van der Waals surface area (Å²) in [5.41, 5.74) is 4.32. The fraction of sp³-hybridized carbons (Fsp3) is 0.300. The number of rotatable bonds is 4. The summed E-state index contributed by atoms with van der Waals surface area (Å²) in [6.45, 7) is 5.68. The minimum Gasteiger partial charge on any atom is -0.271 e. The molecular weight excluding hydrogens is 181 g/mol. The molecule has 0 aliphatic heterocycles. The molecule has 0 aliphatic carbocycles. The maximum atomic E-state index is 12.8. The summed E-state index contributed by atoms with van der Waals surface area (Å²) in [5.74, 6) is 5.00. The number of hydrogen-bond donors (Lipinski definition) is 2. The molecule has 0 saturated heterocycles. The van der Waals surface area contributed by atoms with Crippen molar-refractivity contribution in [2.24, 2.45) is 5.84 Å². The number of halogens is 1. The van der Waals surface area contributed by atoms with Gasteiger partial charge in [0.1, 0.15) is 5.82 Å². The van der Waals surface area contributed by atoms with Crippen LogP contribution < -0.4 is 11.3 Å². The van der Waals surface area contributed by atoms with Gasteiger partial charge >= 0.3 is 0 Å². The molecule has 1 atom stereocenters. The molecule has 0 amide bonds. The molecular formula is C10H14FN3. The van der Waals surface area contributed by atoms with Crippen LogP contribution in [0.3, 0.4) is 0 Å². The number of nitrogens with zero attached hydrogens (tertiary/aromatic N) is 1. The molecule has 4 heteroatoms. The molecule has 0 bridgehead atoms. The lowest BCUT2D eigenvalue weighted by Crippen LogP contribution is -2.28. The Bertz CT molecular complexity index is 325. The maximum Gasteiger partial charge on any atom is 0.141 e. The first-order chi connectivity index (χ1) is 6.63. The lowest BCUT2D eigenvalue weighted by atomic mass is 10.0.